The lowest BCUT2D eigenvalue weighted by molar-refractivity contribution is -0.133. The van der Waals surface area contributed by atoms with Crippen LogP contribution >= 0.6 is 0 Å². The largest absolute Gasteiger partial charge is 0.369 e. The van der Waals surface area contributed by atoms with E-state index in [2.05, 4.69) is 32.5 Å². The number of likely N-dealkylation sites (tertiary alicyclic amines) is 1. The van der Waals surface area contributed by atoms with Crippen LogP contribution in [0.15, 0.2) is 18.9 Å². The molecule has 9 nitrogen and oxygen atoms in total. The van der Waals surface area contributed by atoms with Gasteiger partial charge in [0.05, 0.1) is 6.54 Å². The average molecular weight is 392 g/mol. The minimum Gasteiger partial charge on any atom is -0.369 e. The van der Waals surface area contributed by atoms with Crippen LogP contribution in [-0.2, 0) is 9.59 Å². The molecule has 0 unspecified atom stereocenters. The van der Waals surface area contributed by atoms with Crippen LogP contribution in [0.3, 0.4) is 0 Å². The molecule has 0 aliphatic carbocycles. The first kappa shape index (κ1) is 21.3. The first-order chi connectivity index (χ1) is 13.4. The van der Waals surface area contributed by atoms with Crippen LogP contribution in [-0.4, -0.2) is 64.8 Å². The smallest absolute Gasteiger partial charge is 0.310 e. The third-order valence-electron chi connectivity index (χ3n) is 4.33. The summed E-state index contributed by atoms with van der Waals surface area (Å²) in [5.74, 6) is -0.804. The average Bonchev–Trinajstić information content (AvgIpc) is 2.70. The summed E-state index contributed by atoms with van der Waals surface area (Å²) in [6.07, 6.45) is 3.32. The predicted octanol–water partition coefficient (Wildman–Crippen LogP) is 0.461. The van der Waals surface area contributed by atoms with Crippen molar-refractivity contribution in [1.82, 2.24) is 25.5 Å². The molecule has 0 atom stereocenters. The molecule has 1 aromatic heterocycles. The van der Waals surface area contributed by atoms with E-state index >= 15 is 0 Å². The SMILES string of the molecule is C=CC(=O)NCC(=O)N1CCC(NC(=O)c2cnc(F)nc2NCCC)CC1. The molecule has 0 radical (unpaired) electrons. The summed E-state index contributed by atoms with van der Waals surface area (Å²) in [4.78, 5) is 44.5. The zero-order chi connectivity index (χ0) is 20.5. The number of carbonyl (C=O) groups is 3. The van der Waals surface area contributed by atoms with E-state index in [0.717, 1.165) is 18.7 Å². The Hall–Kier alpha value is -3.04. The van der Waals surface area contributed by atoms with Gasteiger partial charge in [0.2, 0.25) is 11.8 Å². The molecule has 1 aliphatic rings. The minimum atomic E-state index is -0.898. The zero-order valence-corrected chi connectivity index (χ0v) is 15.8. The topological polar surface area (TPSA) is 116 Å². The van der Waals surface area contributed by atoms with Gasteiger partial charge in [0.1, 0.15) is 11.4 Å². The minimum absolute atomic E-state index is 0.0821. The number of nitrogens with one attached hydrogen (secondary N) is 3. The number of rotatable bonds is 8. The van der Waals surface area contributed by atoms with Gasteiger partial charge in [-0.05, 0) is 25.3 Å². The van der Waals surface area contributed by atoms with E-state index in [1.165, 1.54) is 0 Å². The van der Waals surface area contributed by atoms with E-state index in [-0.39, 0.29) is 35.8 Å². The van der Waals surface area contributed by atoms with Gasteiger partial charge in [-0.15, -0.1) is 0 Å². The van der Waals surface area contributed by atoms with Crippen molar-refractivity contribution in [3.8, 4) is 0 Å². The summed E-state index contributed by atoms with van der Waals surface area (Å²) in [6, 6.07) is -0.122. The molecule has 2 rings (SSSR count). The van der Waals surface area contributed by atoms with Crippen molar-refractivity contribution in [2.45, 2.75) is 32.2 Å². The number of piperidine rings is 1. The van der Waals surface area contributed by atoms with Crippen LogP contribution in [0.5, 0.6) is 0 Å². The molecular formula is C18H25FN6O3. The second kappa shape index (κ2) is 10.3. The Morgan fingerprint density at radius 3 is 2.71 bits per heavy atom. The van der Waals surface area contributed by atoms with Gasteiger partial charge in [-0.25, -0.2) is 4.98 Å². The summed E-state index contributed by atoms with van der Waals surface area (Å²) < 4.78 is 13.3. The van der Waals surface area contributed by atoms with E-state index in [0.29, 0.717) is 32.5 Å². The summed E-state index contributed by atoms with van der Waals surface area (Å²) in [5.41, 5.74) is 0.181. The standard InChI is InChI=1S/C18H25FN6O3/c1-3-7-20-16-13(10-22-18(19)24-16)17(28)23-12-5-8-25(9-6-12)15(27)11-21-14(26)4-2/h4,10,12H,2-3,5-9,11H2,1H3,(H,21,26)(H,23,28)(H,20,22,24). The molecule has 0 bridgehead atoms. The molecule has 3 N–H and O–H groups in total. The highest BCUT2D eigenvalue weighted by molar-refractivity contribution is 5.98. The Morgan fingerprint density at radius 1 is 1.36 bits per heavy atom. The molecule has 0 saturated carbocycles. The quantitative estimate of drug-likeness (QED) is 0.437. The van der Waals surface area contributed by atoms with Gasteiger partial charge in [0.15, 0.2) is 0 Å². The number of anilines is 1. The van der Waals surface area contributed by atoms with Crippen molar-refractivity contribution < 1.29 is 18.8 Å². The molecule has 28 heavy (non-hydrogen) atoms. The highest BCUT2D eigenvalue weighted by atomic mass is 19.1. The highest BCUT2D eigenvalue weighted by Crippen LogP contribution is 2.15. The summed E-state index contributed by atoms with van der Waals surface area (Å²) in [5, 5.41) is 8.27. The Bertz CT molecular complexity index is 734. The predicted molar refractivity (Wildman–Crippen MR) is 101 cm³/mol. The van der Waals surface area contributed by atoms with E-state index in [1.54, 1.807) is 4.90 Å². The van der Waals surface area contributed by atoms with Crippen molar-refractivity contribution in [1.29, 1.82) is 0 Å². The van der Waals surface area contributed by atoms with Gasteiger partial charge in [0.25, 0.3) is 5.91 Å². The number of carbonyl (C=O) groups excluding carboxylic acids is 3. The van der Waals surface area contributed by atoms with Crippen molar-refractivity contribution in [3.63, 3.8) is 0 Å². The number of halogens is 1. The molecule has 0 spiro atoms. The third-order valence-corrected chi connectivity index (χ3v) is 4.33. The Kier molecular flexibility index (Phi) is 7.85. The molecular weight excluding hydrogens is 367 g/mol. The lowest BCUT2D eigenvalue weighted by Crippen LogP contribution is -2.49. The molecule has 1 aromatic rings. The molecule has 1 aliphatic heterocycles. The molecule has 0 aromatic carbocycles. The van der Waals surface area contributed by atoms with Crippen molar-refractivity contribution >= 4 is 23.5 Å². The van der Waals surface area contributed by atoms with Crippen LogP contribution in [0.2, 0.25) is 0 Å². The lowest BCUT2D eigenvalue weighted by Gasteiger charge is -2.32. The maximum absolute atomic E-state index is 13.3. The Balaban J connectivity index is 1.87. The van der Waals surface area contributed by atoms with Gasteiger partial charge in [-0.2, -0.15) is 9.37 Å². The van der Waals surface area contributed by atoms with Crippen molar-refractivity contribution in [2.75, 3.05) is 31.5 Å². The monoisotopic (exact) mass is 392 g/mol. The van der Waals surface area contributed by atoms with Crippen LogP contribution in [0.4, 0.5) is 10.2 Å². The van der Waals surface area contributed by atoms with E-state index in [4.69, 9.17) is 0 Å². The zero-order valence-electron chi connectivity index (χ0n) is 15.8. The number of aromatic nitrogens is 2. The molecule has 1 fully saturated rings. The number of hydrogen-bond donors (Lipinski definition) is 3. The molecule has 10 heteroatoms. The Morgan fingerprint density at radius 2 is 2.07 bits per heavy atom. The summed E-state index contributed by atoms with van der Waals surface area (Å²) in [7, 11) is 0. The van der Waals surface area contributed by atoms with E-state index < -0.39 is 12.0 Å². The Labute approximate surface area is 162 Å². The fourth-order valence-electron chi connectivity index (χ4n) is 2.79. The second-order valence-corrected chi connectivity index (χ2v) is 6.38. The molecule has 152 valence electrons. The van der Waals surface area contributed by atoms with Gasteiger partial charge in [-0.1, -0.05) is 13.5 Å². The fraction of sp³-hybridized carbons (Fsp3) is 0.500. The van der Waals surface area contributed by atoms with Gasteiger partial charge in [0, 0.05) is 31.9 Å². The van der Waals surface area contributed by atoms with Crippen molar-refractivity contribution in [3.05, 3.63) is 30.5 Å². The number of nitrogens with zero attached hydrogens (tertiary/aromatic N) is 3. The summed E-state index contributed by atoms with van der Waals surface area (Å²) >= 11 is 0. The third kappa shape index (κ3) is 6.00. The van der Waals surface area contributed by atoms with Crippen molar-refractivity contribution in [2.24, 2.45) is 0 Å². The van der Waals surface area contributed by atoms with Crippen LogP contribution < -0.4 is 16.0 Å². The fourth-order valence-corrected chi connectivity index (χ4v) is 2.79. The second-order valence-electron chi connectivity index (χ2n) is 6.38. The molecule has 3 amide bonds. The summed E-state index contributed by atoms with van der Waals surface area (Å²) in [6.45, 7) is 6.68. The van der Waals surface area contributed by atoms with E-state index in [1.807, 2.05) is 6.92 Å². The number of hydrogen-bond acceptors (Lipinski definition) is 6. The van der Waals surface area contributed by atoms with Crippen LogP contribution in [0, 0.1) is 6.08 Å². The van der Waals surface area contributed by atoms with Gasteiger partial charge < -0.3 is 20.9 Å². The molecule has 2 heterocycles. The van der Waals surface area contributed by atoms with E-state index in [9.17, 15) is 18.8 Å². The van der Waals surface area contributed by atoms with Crippen LogP contribution in [0.1, 0.15) is 36.5 Å². The van der Waals surface area contributed by atoms with Crippen LogP contribution in [0.25, 0.3) is 0 Å². The maximum atomic E-state index is 13.3. The highest BCUT2D eigenvalue weighted by Gasteiger charge is 2.25. The van der Waals surface area contributed by atoms with Gasteiger partial charge in [-0.3, -0.25) is 14.4 Å². The maximum Gasteiger partial charge on any atom is 0.310 e. The first-order valence-electron chi connectivity index (χ1n) is 9.19. The number of amides is 3. The normalized spacial score (nSPS) is 14.3. The van der Waals surface area contributed by atoms with Gasteiger partial charge >= 0.3 is 6.08 Å². The molecule has 1 saturated heterocycles. The lowest BCUT2D eigenvalue weighted by atomic mass is 10.0. The first-order valence-corrected chi connectivity index (χ1v) is 9.19.